The van der Waals surface area contributed by atoms with Crippen LogP contribution >= 0.6 is 0 Å². The molecule has 3 amide bonds. The van der Waals surface area contributed by atoms with E-state index in [1.54, 1.807) is 46.8 Å². The second-order valence-electron chi connectivity index (χ2n) is 8.32. The van der Waals surface area contributed by atoms with E-state index in [0.29, 0.717) is 17.7 Å². The molecule has 0 saturated carbocycles. The maximum atomic E-state index is 13.3. The fourth-order valence-electron chi connectivity index (χ4n) is 3.50. The Morgan fingerprint density at radius 3 is 2.03 bits per heavy atom. The van der Waals surface area contributed by atoms with E-state index >= 15 is 0 Å². The topological polar surface area (TPSA) is 102 Å². The van der Waals surface area contributed by atoms with Crippen LogP contribution in [0.4, 0.5) is 5.69 Å². The van der Waals surface area contributed by atoms with Crippen molar-refractivity contribution in [3.05, 3.63) is 101 Å². The van der Waals surface area contributed by atoms with Gasteiger partial charge in [0.2, 0.25) is 5.91 Å². The van der Waals surface area contributed by atoms with E-state index in [-0.39, 0.29) is 31.3 Å². The Balaban J connectivity index is 1.70. The second kappa shape index (κ2) is 12.3. The fraction of sp³-hybridized carbons (Fsp3) is 0.222. The average Bonchev–Trinajstić information content (AvgIpc) is 2.90. The molecule has 8 nitrogen and oxygen atoms in total. The molecular weight excluding hydrogens is 444 g/mol. The van der Waals surface area contributed by atoms with Gasteiger partial charge in [0, 0.05) is 57.0 Å². The highest BCUT2D eigenvalue weighted by Gasteiger charge is 2.18. The number of hydrogen-bond acceptors (Lipinski definition) is 5. The summed E-state index contributed by atoms with van der Waals surface area (Å²) in [6, 6.07) is 23.5. The Bertz CT molecular complexity index is 1130. The molecule has 0 radical (unpaired) electrons. The Hall–Kier alpha value is -4.17. The van der Waals surface area contributed by atoms with E-state index < -0.39 is 5.91 Å². The maximum Gasteiger partial charge on any atom is 0.274 e. The summed E-state index contributed by atoms with van der Waals surface area (Å²) in [5, 5.41) is 11.7. The molecule has 0 aliphatic rings. The molecule has 0 fully saturated rings. The van der Waals surface area contributed by atoms with Crippen LogP contribution in [0.2, 0.25) is 0 Å². The van der Waals surface area contributed by atoms with Gasteiger partial charge in [-0.25, -0.2) is 5.48 Å². The number of carbonyl (C=O) groups is 3. The maximum absolute atomic E-state index is 13.3. The summed E-state index contributed by atoms with van der Waals surface area (Å²) in [4.78, 5) is 41.0. The summed E-state index contributed by atoms with van der Waals surface area (Å²) in [5.74, 6) is -0.950. The average molecular weight is 475 g/mol. The Morgan fingerprint density at radius 1 is 0.800 bits per heavy atom. The van der Waals surface area contributed by atoms with Crippen LogP contribution in [0.1, 0.15) is 38.3 Å². The van der Waals surface area contributed by atoms with Gasteiger partial charge in [-0.1, -0.05) is 42.5 Å². The summed E-state index contributed by atoms with van der Waals surface area (Å²) < 4.78 is 0. The molecule has 0 heterocycles. The van der Waals surface area contributed by atoms with Gasteiger partial charge >= 0.3 is 0 Å². The van der Waals surface area contributed by atoms with Crippen molar-refractivity contribution in [2.75, 3.05) is 25.5 Å². The van der Waals surface area contributed by atoms with Crippen LogP contribution in [-0.4, -0.2) is 48.5 Å². The molecule has 35 heavy (non-hydrogen) atoms. The summed E-state index contributed by atoms with van der Waals surface area (Å²) in [7, 11) is 3.86. The van der Waals surface area contributed by atoms with Crippen LogP contribution in [0.25, 0.3) is 0 Å². The number of benzene rings is 3. The molecular formula is C27H30N4O4. The number of carbonyl (C=O) groups excluding carboxylic acids is 3. The van der Waals surface area contributed by atoms with Gasteiger partial charge in [0.15, 0.2) is 0 Å². The zero-order valence-corrected chi connectivity index (χ0v) is 19.9. The first-order valence-corrected chi connectivity index (χ1v) is 11.3. The molecule has 3 aromatic rings. The molecule has 0 aliphatic carbocycles. The van der Waals surface area contributed by atoms with E-state index in [4.69, 9.17) is 5.21 Å². The predicted octanol–water partition coefficient (Wildman–Crippen LogP) is 3.22. The number of nitrogens with zero attached hydrogens (tertiary/aromatic N) is 2. The molecule has 0 spiro atoms. The zero-order valence-electron chi connectivity index (χ0n) is 19.9. The molecule has 3 rings (SSSR count). The third-order valence-corrected chi connectivity index (χ3v) is 5.55. The normalized spacial score (nSPS) is 10.4. The number of rotatable bonds is 10. The summed E-state index contributed by atoms with van der Waals surface area (Å²) in [6.45, 7) is 0.920. The number of hydrogen-bond donors (Lipinski definition) is 3. The standard InChI is InChI=1S/C27H30N4O4/c1-30(2)24-14-12-23(13-15-24)27(34)31(19-21-8-10-22(11-9-21)26(33)29-35)17-16-25(32)28-18-20-6-4-3-5-7-20/h3-15,35H,16-19H2,1-2H3,(H,28,32)(H,29,33). The Labute approximate surface area is 205 Å². The summed E-state index contributed by atoms with van der Waals surface area (Å²) in [6.07, 6.45) is 0.152. The van der Waals surface area contributed by atoms with Gasteiger partial charge in [-0.2, -0.15) is 0 Å². The van der Waals surface area contributed by atoms with Crippen molar-refractivity contribution in [3.8, 4) is 0 Å². The van der Waals surface area contributed by atoms with E-state index in [1.165, 1.54) is 0 Å². The third-order valence-electron chi connectivity index (χ3n) is 5.55. The first kappa shape index (κ1) is 25.5. The first-order valence-electron chi connectivity index (χ1n) is 11.3. The number of hydroxylamine groups is 1. The predicted molar refractivity (Wildman–Crippen MR) is 134 cm³/mol. The quantitative estimate of drug-likeness (QED) is 0.309. The van der Waals surface area contributed by atoms with Crippen LogP contribution < -0.4 is 15.7 Å². The van der Waals surface area contributed by atoms with Gasteiger partial charge in [-0.05, 0) is 47.5 Å². The van der Waals surface area contributed by atoms with Crippen molar-refractivity contribution in [3.63, 3.8) is 0 Å². The first-order chi connectivity index (χ1) is 16.9. The number of amides is 3. The largest absolute Gasteiger partial charge is 0.378 e. The number of anilines is 1. The minimum atomic E-state index is -0.611. The second-order valence-corrected chi connectivity index (χ2v) is 8.32. The van der Waals surface area contributed by atoms with Gasteiger partial charge in [0.05, 0.1) is 0 Å². The van der Waals surface area contributed by atoms with E-state index in [0.717, 1.165) is 16.8 Å². The highest BCUT2D eigenvalue weighted by Crippen LogP contribution is 2.16. The SMILES string of the molecule is CN(C)c1ccc(C(=O)N(CCC(=O)NCc2ccccc2)Cc2ccc(C(=O)NO)cc2)cc1. The lowest BCUT2D eigenvalue weighted by Gasteiger charge is -2.23. The monoisotopic (exact) mass is 474 g/mol. The molecule has 8 heteroatoms. The molecule has 182 valence electrons. The molecule has 3 N–H and O–H groups in total. The van der Waals surface area contributed by atoms with Gasteiger partial charge in [-0.3, -0.25) is 19.6 Å². The van der Waals surface area contributed by atoms with Crippen LogP contribution in [0, 0.1) is 0 Å². The van der Waals surface area contributed by atoms with Crippen molar-refractivity contribution in [1.29, 1.82) is 0 Å². The van der Waals surface area contributed by atoms with Crippen molar-refractivity contribution >= 4 is 23.4 Å². The molecule has 0 aromatic heterocycles. The highest BCUT2D eigenvalue weighted by molar-refractivity contribution is 5.95. The summed E-state index contributed by atoms with van der Waals surface area (Å²) >= 11 is 0. The molecule has 3 aromatic carbocycles. The lowest BCUT2D eigenvalue weighted by atomic mass is 10.1. The third kappa shape index (κ3) is 7.41. The van der Waals surface area contributed by atoms with E-state index in [9.17, 15) is 14.4 Å². The van der Waals surface area contributed by atoms with Crippen LogP contribution in [0.15, 0.2) is 78.9 Å². The van der Waals surface area contributed by atoms with Crippen molar-refractivity contribution < 1.29 is 19.6 Å². The van der Waals surface area contributed by atoms with Crippen molar-refractivity contribution in [2.24, 2.45) is 0 Å². The van der Waals surface area contributed by atoms with Gasteiger partial charge in [0.25, 0.3) is 11.8 Å². The minimum Gasteiger partial charge on any atom is -0.378 e. The van der Waals surface area contributed by atoms with Gasteiger partial charge < -0.3 is 15.1 Å². The van der Waals surface area contributed by atoms with Crippen LogP contribution in [-0.2, 0) is 17.9 Å². The zero-order chi connectivity index (χ0) is 25.2. The minimum absolute atomic E-state index is 0.149. The van der Waals surface area contributed by atoms with Crippen LogP contribution in [0.5, 0.6) is 0 Å². The van der Waals surface area contributed by atoms with E-state index in [1.807, 2.05) is 61.5 Å². The molecule has 0 bridgehead atoms. The molecule has 0 atom stereocenters. The molecule has 0 unspecified atom stereocenters. The van der Waals surface area contributed by atoms with E-state index in [2.05, 4.69) is 5.32 Å². The number of nitrogens with one attached hydrogen (secondary N) is 2. The highest BCUT2D eigenvalue weighted by atomic mass is 16.5. The van der Waals surface area contributed by atoms with Gasteiger partial charge in [-0.15, -0.1) is 0 Å². The smallest absolute Gasteiger partial charge is 0.274 e. The summed E-state index contributed by atoms with van der Waals surface area (Å²) in [5.41, 5.74) is 5.20. The van der Waals surface area contributed by atoms with Crippen molar-refractivity contribution in [1.82, 2.24) is 15.7 Å². The lowest BCUT2D eigenvalue weighted by Crippen LogP contribution is -2.35. The fourth-order valence-corrected chi connectivity index (χ4v) is 3.50. The molecule has 0 saturated heterocycles. The lowest BCUT2D eigenvalue weighted by molar-refractivity contribution is -0.121. The Morgan fingerprint density at radius 2 is 1.43 bits per heavy atom. The van der Waals surface area contributed by atoms with Gasteiger partial charge in [0.1, 0.15) is 0 Å². The Kier molecular flexibility index (Phi) is 8.97. The molecule has 0 aliphatic heterocycles. The van der Waals surface area contributed by atoms with Crippen LogP contribution in [0.3, 0.4) is 0 Å². The van der Waals surface area contributed by atoms with Crippen molar-refractivity contribution in [2.45, 2.75) is 19.5 Å².